The Hall–Kier alpha value is -1.87. The molecule has 0 atom stereocenters. The largest absolute Gasteiger partial charge is 0.494 e. The zero-order valence-electron chi connectivity index (χ0n) is 15.9. The van der Waals surface area contributed by atoms with Crippen molar-refractivity contribution in [1.82, 2.24) is 10.6 Å². The fourth-order valence-electron chi connectivity index (χ4n) is 2.54. The summed E-state index contributed by atoms with van der Waals surface area (Å²) in [6.45, 7) is 5.33. The molecule has 0 spiro atoms. The maximum atomic E-state index is 13.4. The molecular weight excluding hydrogens is 460 g/mol. The lowest BCUT2D eigenvalue weighted by atomic mass is 10.1. The lowest BCUT2D eigenvalue weighted by Crippen LogP contribution is -2.36. The molecule has 2 aromatic rings. The van der Waals surface area contributed by atoms with Crippen LogP contribution in [0.5, 0.6) is 5.75 Å². The predicted molar refractivity (Wildman–Crippen MR) is 117 cm³/mol. The van der Waals surface area contributed by atoms with Crippen molar-refractivity contribution in [3.8, 4) is 5.75 Å². The molecule has 27 heavy (non-hydrogen) atoms. The van der Waals surface area contributed by atoms with Crippen molar-refractivity contribution in [1.29, 1.82) is 0 Å². The van der Waals surface area contributed by atoms with Crippen molar-refractivity contribution in [2.24, 2.45) is 4.99 Å². The van der Waals surface area contributed by atoms with Crippen LogP contribution in [0.15, 0.2) is 41.4 Å². The Bertz CT molecular complexity index is 769. The molecule has 7 heteroatoms. The normalized spacial score (nSPS) is 10.9. The molecule has 0 aliphatic heterocycles. The minimum absolute atomic E-state index is 0. The SMILES string of the molecule is CCOc1cc(C)ccc1CNC(=NC)NCc1ccc(F)c(CO)c1.I. The van der Waals surface area contributed by atoms with Crippen LogP contribution < -0.4 is 15.4 Å². The molecule has 0 aliphatic rings. The van der Waals surface area contributed by atoms with Crippen molar-refractivity contribution in [2.45, 2.75) is 33.5 Å². The van der Waals surface area contributed by atoms with E-state index in [2.05, 4.69) is 15.6 Å². The summed E-state index contributed by atoms with van der Waals surface area (Å²) in [6, 6.07) is 10.8. The van der Waals surface area contributed by atoms with Crippen molar-refractivity contribution in [3.05, 3.63) is 64.5 Å². The highest BCUT2D eigenvalue weighted by Crippen LogP contribution is 2.20. The number of aliphatic hydroxyl groups is 1. The molecule has 0 saturated carbocycles. The molecule has 0 saturated heterocycles. The average molecular weight is 487 g/mol. The van der Waals surface area contributed by atoms with E-state index in [-0.39, 0.29) is 36.1 Å². The number of aliphatic imine (C=N–C) groups is 1. The number of guanidine groups is 1. The van der Waals surface area contributed by atoms with Crippen LogP contribution in [0.4, 0.5) is 4.39 Å². The van der Waals surface area contributed by atoms with Crippen LogP contribution in [0.1, 0.15) is 29.2 Å². The molecule has 148 valence electrons. The summed E-state index contributed by atoms with van der Waals surface area (Å²) >= 11 is 0. The van der Waals surface area contributed by atoms with E-state index in [4.69, 9.17) is 9.84 Å². The number of halogens is 2. The summed E-state index contributed by atoms with van der Waals surface area (Å²) in [5.74, 6) is 1.09. The smallest absolute Gasteiger partial charge is 0.191 e. The number of nitrogens with zero attached hydrogens (tertiary/aromatic N) is 1. The van der Waals surface area contributed by atoms with Gasteiger partial charge in [-0.2, -0.15) is 0 Å². The number of ether oxygens (including phenoxy) is 1. The van der Waals surface area contributed by atoms with Crippen LogP contribution in [0.3, 0.4) is 0 Å². The zero-order valence-corrected chi connectivity index (χ0v) is 18.2. The van der Waals surface area contributed by atoms with Gasteiger partial charge in [-0.05, 0) is 43.2 Å². The molecule has 0 amide bonds. The molecule has 0 radical (unpaired) electrons. The van der Waals surface area contributed by atoms with Crippen LogP contribution in [0.2, 0.25) is 0 Å². The van der Waals surface area contributed by atoms with Crippen molar-refractivity contribution in [2.75, 3.05) is 13.7 Å². The number of aryl methyl sites for hydroxylation is 1. The quantitative estimate of drug-likeness (QED) is 0.318. The van der Waals surface area contributed by atoms with Gasteiger partial charge in [0.1, 0.15) is 11.6 Å². The van der Waals surface area contributed by atoms with Gasteiger partial charge in [0.15, 0.2) is 5.96 Å². The van der Waals surface area contributed by atoms with E-state index in [1.165, 1.54) is 6.07 Å². The monoisotopic (exact) mass is 487 g/mol. The number of nitrogens with one attached hydrogen (secondary N) is 2. The minimum atomic E-state index is -0.401. The van der Waals surface area contributed by atoms with Crippen molar-refractivity contribution < 1.29 is 14.2 Å². The highest BCUT2D eigenvalue weighted by atomic mass is 127. The summed E-state index contributed by atoms with van der Waals surface area (Å²) in [7, 11) is 1.69. The van der Waals surface area contributed by atoms with Crippen LogP contribution in [-0.4, -0.2) is 24.7 Å². The maximum absolute atomic E-state index is 13.4. The summed E-state index contributed by atoms with van der Waals surface area (Å²) in [4.78, 5) is 4.20. The standard InChI is InChI=1S/C20H26FN3O2.HI/c1-4-26-19-9-14(2)5-7-16(19)12-24-20(22-3)23-11-15-6-8-18(21)17(10-15)13-25;/h5-10,25H,4,11-13H2,1-3H3,(H2,22,23,24);1H. The van der Waals surface area contributed by atoms with Gasteiger partial charge < -0.3 is 20.5 Å². The summed E-state index contributed by atoms with van der Waals surface area (Å²) in [6.07, 6.45) is 0. The third-order valence-electron chi connectivity index (χ3n) is 3.93. The van der Waals surface area contributed by atoms with E-state index < -0.39 is 5.82 Å². The third kappa shape index (κ3) is 6.99. The molecule has 0 heterocycles. The zero-order chi connectivity index (χ0) is 18.9. The van der Waals surface area contributed by atoms with E-state index in [0.29, 0.717) is 25.7 Å². The number of aliphatic hydroxyl groups excluding tert-OH is 1. The molecule has 3 N–H and O–H groups in total. The van der Waals surface area contributed by atoms with E-state index in [9.17, 15) is 4.39 Å². The third-order valence-corrected chi connectivity index (χ3v) is 3.93. The molecule has 5 nitrogen and oxygen atoms in total. The van der Waals surface area contributed by atoms with Gasteiger partial charge in [0, 0.05) is 31.3 Å². The summed E-state index contributed by atoms with van der Waals surface area (Å²) in [5.41, 5.74) is 3.34. The first kappa shape index (κ1) is 23.2. The molecule has 0 aromatic heterocycles. The Morgan fingerprint density at radius 3 is 2.52 bits per heavy atom. The lowest BCUT2D eigenvalue weighted by molar-refractivity contribution is 0.275. The van der Waals surface area contributed by atoms with E-state index in [1.807, 2.05) is 32.0 Å². The highest BCUT2D eigenvalue weighted by Gasteiger charge is 2.07. The van der Waals surface area contributed by atoms with Gasteiger partial charge >= 0.3 is 0 Å². The molecular formula is C20H27FIN3O2. The molecule has 0 bridgehead atoms. The number of rotatable bonds is 7. The fraction of sp³-hybridized carbons (Fsp3) is 0.350. The van der Waals surface area contributed by atoms with E-state index in [1.54, 1.807) is 19.2 Å². The second-order valence-corrected chi connectivity index (χ2v) is 5.91. The lowest BCUT2D eigenvalue weighted by Gasteiger charge is -2.15. The molecule has 0 aliphatic carbocycles. The Morgan fingerprint density at radius 2 is 1.85 bits per heavy atom. The Labute approximate surface area is 177 Å². The first-order valence-corrected chi connectivity index (χ1v) is 8.62. The topological polar surface area (TPSA) is 65.9 Å². The van der Waals surface area contributed by atoms with Crippen molar-refractivity contribution in [3.63, 3.8) is 0 Å². The molecule has 0 unspecified atom stereocenters. The Balaban J connectivity index is 0.00000364. The second-order valence-electron chi connectivity index (χ2n) is 5.91. The number of benzene rings is 2. The van der Waals surface area contributed by atoms with Gasteiger partial charge in [-0.1, -0.05) is 18.2 Å². The van der Waals surface area contributed by atoms with Gasteiger partial charge in [0.25, 0.3) is 0 Å². The Morgan fingerprint density at radius 1 is 1.11 bits per heavy atom. The van der Waals surface area contributed by atoms with Crippen LogP contribution in [0.25, 0.3) is 0 Å². The first-order chi connectivity index (χ1) is 12.6. The van der Waals surface area contributed by atoms with Gasteiger partial charge in [-0.25, -0.2) is 4.39 Å². The van der Waals surface area contributed by atoms with Crippen LogP contribution >= 0.6 is 24.0 Å². The minimum Gasteiger partial charge on any atom is -0.494 e. The molecule has 0 fully saturated rings. The highest BCUT2D eigenvalue weighted by molar-refractivity contribution is 14.0. The molecule has 2 rings (SSSR count). The fourth-order valence-corrected chi connectivity index (χ4v) is 2.54. The summed E-state index contributed by atoms with van der Waals surface area (Å²) in [5, 5.41) is 15.6. The predicted octanol–water partition coefficient (Wildman–Crippen LogP) is 3.51. The van der Waals surface area contributed by atoms with Gasteiger partial charge in [0.05, 0.1) is 13.2 Å². The second kappa shape index (κ2) is 11.8. The van der Waals surface area contributed by atoms with Crippen LogP contribution in [-0.2, 0) is 19.7 Å². The van der Waals surface area contributed by atoms with Gasteiger partial charge in [0.2, 0.25) is 0 Å². The van der Waals surface area contributed by atoms with Gasteiger partial charge in [-0.3, -0.25) is 4.99 Å². The van der Waals surface area contributed by atoms with E-state index in [0.717, 1.165) is 22.4 Å². The molecule has 2 aromatic carbocycles. The van der Waals surface area contributed by atoms with E-state index >= 15 is 0 Å². The maximum Gasteiger partial charge on any atom is 0.191 e. The Kier molecular flexibility index (Phi) is 10.1. The number of hydrogen-bond donors (Lipinski definition) is 3. The number of hydrogen-bond acceptors (Lipinski definition) is 3. The van der Waals surface area contributed by atoms with Crippen molar-refractivity contribution >= 4 is 29.9 Å². The van der Waals surface area contributed by atoms with Crippen LogP contribution in [0, 0.1) is 12.7 Å². The average Bonchev–Trinajstić information content (AvgIpc) is 2.64. The first-order valence-electron chi connectivity index (χ1n) is 8.62. The van der Waals surface area contributed by atoms with Gasteiger partial charge in [-0.15, -0.1) is 24.0 Å². The summed E-state index contributed by atoms with van der Waals surface area (Å²) < 4.78 is 19.1.